The monoisotopic (exact) mass is 299 g/mol. The molecule has 0 atom stereocenters. The summed E-state index contributed by atoms with van der Waals surface area (Å²) in [5.41, 5.74) is 4.87. The molecule has 0 saturated heterocycles. The van der Waals surface area contributed by atoms with Crippen LogP contribution in [0.3, 0.4) is 0 Å². The minimum absolute atomic E-state index is 0.0860. The molecule has 0 spiro atoms. The molecule has 0 unspecified atom stereocenters. The van der Waals surface area contributed by atoms with Crippen molar-refractivity contribution in [2.45, 2.75) is 25.8 Å². The van der Waals surface area contributed by atoms with E-state index in [0.29, 0.717) is 10.2 Å². The van der Waals surface area contributed by atoms with Crippen LogP contribution in [0.2, 0.25) is 0 Å². The Kier molecular flexibility index (Phi) is 4.22. The van der Waals surface area contributed by atoms with Crippen molar-refractivity contribution in [3.8, 4) is 0 Å². The minimum atomic E-state index is -0.671. The molecule has 17 heavy (non-hydrogen) atoms. The van der Waals surface area contributed by atoms with Crippen molar-refractivity contribution >= 4 is 27.7 Å². The van der Waals surface area contributed by atoms with Gasteiger partial charge in [0, 0.05) is 18.2 Å². The van der Waals surface area contributed by atoms with Crippen molar-refractivity contribution in [2.24, 2.45) is 5.73 Å². The molecule has 0 aliphatic heterocycles. The van der Waals surface area contributed by atoms with Gasteiger partial charge in [-0.2, -0.15) is 0 Å². The summed E-state index contributed by atoms with van der Waals surface area (Å²) in [6.07, 6.45) is 1.54. The molecule has 6 heteroatoms. The average molecular weight is 300 g/mol. The Hall–Kier alpha value is -1.43. The van der Waals surface area contributed by atoms with Gasteiger partial charge in [-0.25, -0.2) is 4.98 Å². The van der Waals surface area contributed by atoms with Gasteiger partial charge in [0.1, 0.15) is 4.60 Å². The second kappa shape index (κ2) is 5.27. The van der Waals surface area contributed by atoms with Gasteiger partial charge >= 0.3 is 0 Å². The van der Waals surface area contributed by atoms with Gasteiger partial charge in [0.15, 0.2) is 0 Å². The molecule has 0 aromatic carbocycles. The van der Waals surface area contributed by atoms with Crippen LogP contribution in [0.15, 0.2) is 22.9 Å². The first-order valence-electron chi connectivity index (χ1n) is 5.02. The van der Waals surface area contributed by atoms with Crippen molar-refractivity contribution in [2.75, 3.05) is 0 Å². The lowest BCUT2D eigenvalue weighted by molar-refractivity contribution is -0.119. The SMILES string of the molecule is CC(C)(CC(N)=O)NC(=O)c1ccc(Br)nc1. The number of aromatic nitrogens is 1. The maximum Gasteiger partial charge on any atom is 0.253 e. The average Bonchev–Trinajstić information content (AvgIpc) is 2.15. The van der Waals surface area contributed by atoms with E-state index < -0.39 is 11.4 Å². The van der Waals surface area contributed by atoms with E-state index in [2.05, 4.69) is 26.2 Å². The number of carbonyl (C=O) groups excluding carboxylic acids is 2. The summed E-state index contributed by atoms with van der Waals surface area (Å²) in [5, 5.41) is 2.73. The van der Waals surface area contributed by atoms with Gasteiger partial charge in [0.25, 0.3) is 5.91 Å². The van der Waals surface area contributed by atoms with Crippen molar-refractivity contribution in [3.05, 3.63) is 28.5 Å². The van der Waals surface area contributed by atoms with E-state index in [-0.39, 0.29) is 12.3 Å². The molecule has 1 aromatic rings. The number of primary amides is 1. The lowest BCUT2D eigenvalue weighted by atomic mass is 10.00. The van der Waals surface area contributed by atoms with Crippen LogP contribution < -0.4 is 11.1 Å². The standard InChI is InChI=1S/C11H14BrN3O2/c1-11(2,5-9(13)16)15-10(17)7-3-4-8(12)14-6-7/h3-4,6H,5H2,1-2H3,(H2,13,16)(H,15,17). The molecular formula is C11H14BrN3O2. The Morgan fingerprint density at radius 2 is 2.12 bits per heavy atom. The number of hydrogen-bond acceptors (Lipinski definition) is 3. The van der Waals surface area contributed by atoms with Crippen LogP contribution in [0.25, 0.3) is 0 Å². The van der Waals surface area contributed by atoms with Crippen LogP contribution in [0.4, 0.5) is 0 Å². The number of rotatable bonds is 4. The number of carbonyl (C=O) groups is 2. The largest absolute Gasteiger partial charge is 0.370 e. The van der Waals surface area contributed by atoms with E-state index in [1.165, 1.54) is 6.20 Å². The Bertz CT molecular complexity index is 429. The molecule has 0 fully saturated rings. The van der Waals surface area contributed by atoms with Crippen molar-refractivity contribution in [1.82, 2.24) is 10.3 Å². The van der Waals surface area contributed by atoms with E-state index in [1.807, 2.05) is 0 Å². The van der Waals surface area contributed by atoms with Gasteiger partial charge in [-0.3, -0.25) is 9.59 Å². The molecule has 1 aromatic heterocycles. The Morgan fingerprint density at radius 1 is 1.47 bits per heavy atom. The van der Waals surface area contributed by atoms with Gasteiger partial charge in [-0.05, 0) is 41.9 Å². The fraction of sp³-hybridized carbons (Fsp3) is 0.364. The Labute approximate surface area is 108 Å². The van der Waals surface area contributed by atoms with Gasteiger partial charge in [-0.1, -0.05) is 0 Å². The molecule has 2 amide bonds. The highest BCUT2D eigenvalue weighted by molar-refractivity contribution is 9.10. The summed E-state index contributed by atoms with van der Waals surface area (Å²) < 4.78 is 0.658. The number of amides is 2. The normalized spacial score (nSPS) is 11.0. The molecule has 5 nitrogen and oxygen atoms in total. The van der Waals surface area contributed by atoms with Gasteiger partial charge < -0.3 is 11.1 Å². The third-order valence-corrected chi connectivity index (χ3v) is 2.53. The summed E-state index contributed by atoms with van der Waals surface area (Å²) in [4.78, 5) is 26.6. The van der Waals surface area contributed by atoms with Crippen molar-refractivity contribution < 1.29 is 9.59 Å². The number of nitrogens with one attached hydrogen (secondary N) is 1. The highest BCUT2D eigenvalue weighted by Gasteiger charge is 2.23. The number of halogens is 1. The smallest absolute Gasteiger partial charge is 0.253 e. The molecule has 1 rings (SSSR count). The number of hydrogen-bond donors (Lipinski definition) is 2. The highest BCUT2D eigenvalue weighted by atomic mass is 79.9. The first-order chi connectivity index (χ1) is 7.80. The highest BCUT2D eigenvalue weighted by Crippen LogP contribution is 2.11. The summed E-state index contributed by atoms with van der Waals surface area (Å²) in [5.74, 6) is -0.736. The lowest BCUT2D eigenvalue weighted by Crippen LogP contribution is -2.46. The zero-order valence-electron chi connectivity index (χ0n) is 9.66. The summed E-state index contributed by atoms with van der Waals surface area (Å²) in [6, 6.07) is 3.32. The molecule has 3 N–H and O–H groups in total. The van der Waals surface area contributed by atoms with Gasteiger partial charge in [0.05, 0.1) is 5.56 Å². The zero-order valence-corrected chi connectivity index (χ0v) is 11.2. The molecular weight excluding hydrogens is 286 g/mol. The zero-order chi connectivity index (χ0) is 13.1. The van der Waals surface area contributed by atoms with E-state index >= 15 is 0 Å². The molecule has 0 saturated carbocycles. The maximum absolute atomic E-state index is 11.8. The Balaban J connectivity index is 2.72. The van der Waals surface area contributed by atoms with Crippen molar-refractivity contribution in [3.63, 3.8) is 0 Å². The molecule has 0 radical (unpaired) electrons. The van der Waals surface area contributed by atoms with Crippen LogP contribution in [-0.4, -0.2) is 22.3 Å². The minimum Gasteiger partial charge on any atom is -0.370 e. The van der Waals surface area contributed by atoms with Gasteiger partial charge in [-0.15, -0.1) is 0 Å². The van der Waals surface area contributed by atoms with Crippen LogP contribution >= 0.6 is 15.9 Å². The number of pyridine rings is 1. The fourth-order valence-electron chi connectivity index (χ4n) is 1.37. The second-order valence-electron chi connectivity index (χ2n) is 4.35. The van der Waals surface area contributed by atoms with E-state index in [1.54, 1.807) is 26.0 Å². The van der Waals surface area contributed by atoms with Crippen LogP contribution in [-0.2, 0) is 4.79 Å². The number of nitrogens with two attached hydrogens (primary N) is 1. The molecule has 92 valence electrons. The summed E-state index contributed by atoms with van der Waals surface area (Å²) in [7, 11) is 0. The maximum atomic E-state index is 11.8. The van der Waals surface area contributed by atoms with E-state index in [0.717, 1.165) is 0 Å². The fourth-order valence-corrected chi connectivity index (χ4v) is 1.60. The predicted molar refractivity (Wildman–Crippen MR) is 67.3 cm³/mol. The lowest BCUT2D eigenvalue weighted by Gasteiger charge is -2.24. The topological polar surface area (TPSA) is 85.1 Å². The van der Waals surface area contributed by atoms with E-state index in [9.17, 15) is 9.59 Å². The molecule has 1 heterocycles. The third kappa shape index (κ3) is 4.52. The number of nitrogens with zero attached hydrogens (tertiary/aromatic N) is 1. The first-order valence-corrected chi connectivity index (χ1v) is 5.82. The molecule has 0 aliphatic rings. The predicted octanol–water partition coefficient (Wildman–Crippen LogP) is 1.23. The first kappa shape index (κ1) is 13.6. The van der Waals surface area contributed by atoms with Crippen LogP contribution in [0, 0.1) is 0 Å². The molecule has 0 bridgehead atoms. The summed E-state index contributed by atoms with van der Waals surface area (Å²) in [6.45, 7) is 3.48. The third-order valence-electron chi connectivity index (χ3n) is 2.06. The second-order valence-corrected chi connectivity index (χ2v) is 5.16. The van der Waals surface area contributed by atoms with Crippen molar-refractivity contribution in [1.29, 1.82) is 0 Å². The van der Waals surface area contributed by atoms with E-state index in [4.69, 9.17) is 5.73 Å². The van der Waals surface area contributed by atoms with Crippen LogP contribution in [0.1, 0.15) is 30.6 Å². The molecule has 0 aliphatic carbocycles. The summed E-state index contributed by atoms with van der Waals surface area (Å²) >= 11 is 3.18. The van der Waals surface area contributed by atoms with Gasteiger partial charge in [0.2, 0.25) is 5.91 Å². The quantitative estimate of drug-likeness (QED) is 0.820. The van der Waals surface area contributed by atoms with Crippen LogP contribution in [0.5, 0.6) is 0 Å². The Morgan fingerprint density at radius 3 is 2.59 bits per heavy atom.